The molecule has 1 unspecified atom stereocenters. The van der Waals surface area contributed by atoms with Gasteiger partial charge in [-0.05, 0) is 66.4 Å². The minimum absolute atomic E-state index is 0.136. The summed E-state index contributed by atoms with van der Waals surface area (Å²) in [5, 5.41) is 19.8. The average molecular weight is 449 g/mol. The molecule has 3 aromatic carbocycles. The van der Waals surface area contributed by atoms with E-state index in [9.17, 15) is 9.90 Å². The molecule has 0 aliphatic carbocycles. The summed E-state index contributed by atoms with van der Waals surface area (Å²) in [6.45, 7) is 1.49. The smallest absolute Gasteiger partial charge is 0.266 e. The van der Waals surface area contributed by atoms with Gasteiger partial charge in [0.25, 0.3) is 5.56 Å². The third-order valence-corrected chi connectivity index (χ3v) is 6.15. The minimum Gasteiger partial charge on any atom is -0.378 e. The van der Waals surface area contributed by atoms with Gasteiger partial charge in [-0.2, -0.15) is 5.26 Å². The van der Waals surface area contributed by atoms with Crippen molar-refractivity contribution in [2.24, 2.45) is 0 Å². The van der Waals surface area contributed by atoms with Crippen LogP contribution in [0.4, 0.5) is 0 Å². The van der Waals surface area contributed by atoms with Crippen LogP contribution >= 0.6 is 0 Å². The fraction of sp³-hybridized carbons (Fsp3) is 0.179. The van der Waals surface area contributed by atoms with Crippen molar-refractivity contribution in [1.29, 1.82) is 5.26 Å². The fourth-order valence-electron chi connectivity index (χ4n) is 4.37. The Morgan fingerprint density at radius 1 is 1.06 bits per heavy atom. The molecule has 1 fully saturated rings. The molecule has 6 nitrogen and oxygen atoms in total. The van der Waals surface area contributed by atoms with E-state index in [0.29, 0.717) is 28.8 Å². The van der Waals surface area contributed by atoms with Gasteiger partial charge in [0.15, 0.2) is 0 Å². The molecule has 1 saturated heterocycles. The van der Waals surface area contributed by atoms with Gasteiger partial charge in [0.1, 0.15) is 12.1 Å². The maximum atomic E-state index is 13.6. The van der Waals surface area contributed by atoms with Crippen LogP contribution in [0, 0.1) is 11.3 Å². The molecular weight excluding hydrogens is 424 g/mol. The topological polar surface area (TPSA) is 82.2 Å². The minimum atomic E-state index is -0.417. The summed E-state index contributed by atoms with van der Waals surface area (Å²) in [6.07, 6.45) is 5.07. The molecule has 0 amide bonds. The molecule has 0 bridgehead atoms. The Labute approximate surface area is 197 Å². The van der Waals surface area contributed by atoms with Gasteiger partial charge in [-0.25, -0.2) is 4.98 Å². The highest BCUT2D eigenvalue weighted by molar-refractivity contribution is 5.80. The summed E-state index contributed by atoms with van der Waals surface area (Å²) < 4.78 is 1.63. The second-order valence-electron chi connectivity index (χ2n) is 8.46. The summed E-state index contributed by atoms with van der Waals surface area (Å²) in [4.78, 5) is 20.4. The first-order valence-corrected chi connectivity index (χ1v) is 11.3. The molecule has 4 aromatic rings. The lowest BCUT2D eigenvalue weighted by molar-refractivity contribution is 0.0328. The van der Waals surface area contributed by atoms with Crippen molar-refractivity contribution < 1.29 is 5.11 Å². The van der Waals surface area contributed by atoms with Crippen molar-refractivity contribution in [2.75, 3.05) is 6.54 Å². The number of aliphatic hydroxyl groups excluding tert-OH is 1. The highest BCUT2D eigenvalue weighted by atomic mass is 16.3. The SMILES string of the molecule is N#Cc1ccc(/C=C/c2nc3ccccc3c(=O)n2-c2cccc(CN3CCCC3O)c2)cc1. The molecule has 0 radical (unpaired) electrons. The Kier molecular flexibility index (Phi) is 6.05. The molecule has 1 atom stereocenters. The van der Waals surface area contributed by atoms with E-state index in [1.807, 2.05) is 71.6 Å². The normalized spacial score (nSPS) is 16.3. The second kappa shape index (κ2) is 9.44. The predicted octanol–water partition coefficient (Wildman–Crippen LogP) is 4.34. The van der Waals surface area contributed by atoms with Gasteiger partial charge in [-0.15, -0.1) is 0 Å². The molecular formula is C28H24N4O2. The predicted molar refractivity (Wildman–Crippen MR) is 133 cm³/mol. The van der Waals surface area contributed by atoms with E-state index in [-0.39, 0.29) is 5.56 Å². The van der Waals surface area contributed by atoms with Gasteiger partial charge in [0.05, 0.1) is 28.2 Å². The molecule has 1 aliphatic heterocycles. The maximum Gasteiger partial charge on any atom is 0.266 e. The van der Waals surface area contributed by atoms with Crippen LogP contribution in [-0.4, -0.2) is 32.3 Å². The largest absolute Gasteiger partial charge is 0.378 e. The highest BCUT2D eigenvalue weighted by Gasteiger charge is 2.22. The van der Waals surface area contributed by atoms with Crippen molar-refractivity contribution in [2.45, 2.75) is 25.6 Å². The average Bonchev–Trinajstić information content (AvgIpc) is 3.27. The standard InChI is InChI=1S/C28H24N4O2/c29-18-21-12-10-20(11-13-21)14-15-26-30-25-8-2-1-7-24(25)28(34)32(26)23-6-3-5-22(17-23)19-31-16-4-9-27(31)33/h1-3,5-8,10-15,17,27,33H,4,9,16,19H2/b15-14+. The molecule has 168 valence electrons. The highest BCUT2D eigenvalue weighted by Crippen LogP contribution is 2.21. The Morgan fingerprint density at radius 2 is 1.88 bits per heavy atom. The Balaban J connectivity index is 1.59. The van der Waals surface area contributed by atoms with Crippen molar-refractivity contribution in [3.05, 3.63) is 106 Å². The summed E-state index contributed by atoms with van der Waals surface area (Å²) >= 11 is 0. The van der Waals surface area contributed by atoms with Crippen molar-refractivity contribution in [1.82, 2.24) is 14.5 Å². The van der Waals surface area contributed by atoms with E-state index in [1.54, 1.807) is 22.8 Å². The van der Waals surface area contributed by atoms with E-state index >= 15 is 0 Å². The zero-order valence-corrected chi connectivity index (χ0v) is 18.6. The third-order valence-electron chi connectivity index (χ3n) is 6.15. The van der Waals surface area contributed by atoms with Gasteiger partial charge < -0.3 is 5.11 Å². The number of nitriles is 1. The van der Waals surface area contributed by atoms with Crippen LogP contribution in [0.2, 0.25) is 0 Å². The summed E-state index contributed by atoms with van der Waals surface area (Å²) in [6, 6.07) is 24.5. The molecule has 1 N–H and O–H groups in total. The summed E-state index contributed by atoms with van der Waals surface area (Å²) in [5.74, 6) is 0.520. The van der Waals surface area contributed by atoms with E-state index in [2.05, 4.69) is 6.07 Å². The van der Waals surface area contributed by atoms with Crippen LogP contribution in [0.25, 0.3) is 28.7 Å². The number of para-hydroxylation sites is 1. The van der Waals surface area contributed by atoms with Crippen LogP contribution in [0.1, 0.15) is 35.4 Å². The lowest BCUT2D eigenvalue weighted by Crippen LogP contribution is -2.28. The number of benzene rings is 3. The first-order chi connectivity index (χ1) is 16.6. The molecule has 6 heteroatoms. The lowest BCUT2D eigenvalue weighted by atomic mass is 10.1. The number of likely N-dealkylation sites (tertiary alicyclic amines) is 1. The van der Waals surface area contributed by atoms with Crippen molar-refractivity contribution in [3.8, 4) is 11.8 Å². The van der Waals surface area contributed by atoms with Crippen LogP contribution in [0.5, 0.6) is 0 Å². The number of hydrogen-bond donors (Lipinski definition) is 1. The molecule has 2 heterocycles. The fourth-order valence-corrected chi connectivity index (χ4v) is 4.37. The number of aromatic nitrogens is 2. The van der Waals surface area contributed by atoms with E-state index in [4.69, 9.17) is 10.2 Å². The maximum absolute atomic E-state index is 13.6. The molecule has 0 saturated carbocycles. The Bertz CT molecular complexity index is 1460. The number of rotatable bonds is 5. The van der Waals surface area contributed by atoms with Crippen LogP contribution in [0.15, 0.2) is 77.6 Å². The summed E-state index contributed by atoms with van der Waals surface area (Å²) in [7, 11) is 0. The molecule has 0 spiro atoms. The van der Waals surface area contributed by atoms with Gasteiger partial charge >= 0.3 is 0 Å². The van der Waals surface area contributed by atoms with E-state index in [1.165, 1.54) is 0 Å². The number of hydrogen-bond acceptors (Lipinski definition) is 5. The third kappa shape index (κ3) is 4.40. The zero-order valence-electron chi connectivity index (χ0n) is 18.6. The van der Waals surface area contributed by atoms with E-state index < -0.39 is 6.23 Å². The van der Waals surface area contributed by atoms with Crippen LogP contribution < -0.4 is 5.56 Å². The number of fused-ring (bicyclic) bond motifs is 1. The second-order valence-corrected chi connectivity index (χ2v) is 8.46. The van der Waals surface area contributed by atoms with Crippen molar-refractivity contribution in [3.63, 3.8) is 0 Å². The Morgan fingerprint density at radius 3 is 2.65 bits per heavy atom. The van der Waals surface area contributed by atoms with Gasteiger partial charge in [-0.3, -0.25) is 14.3 Å². The molecule has 5 rings (SSSR count). The number of aliphatic hydroxyl groups is 1. The number of nitrogens with zero attached hydrogens (tertiary/aromatic N) is 4. The molecule has 34 heavy (non-hydrogen) atoms. The van der Waals surface area contributed by atoms with E-state index in [0.717, 1.165) is 36.2 Å². The lowest BCUT2D eigenvalue weighted by Gasteiger charge is -2.20. The molecule has 1 aliphatic rings. The first-order valence-electron chi connectivity index (χ1n) is 11.3. The van der Waals surface area contributed by atoms with Gasteiger partial charge in [-0.1, -0.05) is 42.5 Å². The van der Waals surface area contributed by atoms with Crippen molar-refractivity contribution >= 4 is 23.1 Å². The van der Waals surface area contributed by atoms with Gasteiger partial charge in [0, 0.05) is 13.1 Å². The quantitative estimate of drug-likeness (QED) is 0.491. The van der Waals surface area contributed by atoms with Gasteiger partial charge in [0.2, 0.25) is 0 Å². The Hall–Kier alpha value is -4.05. The first kappa shape index (κ1) is 21.8. The summed E-state index contributed by atoms with van der Waals surface area (Å²) in [5.41, 5.74) is 3.76. The molecule has 1 aromatic heterocycles. The van der Waals surface area contributed by atoms with Crippen LogP contribution in [-0.2, 0) is 6.54 Å². The monoisotopic (exact) mass is 448 g/mol. The van der Waals surface area contributed by atoms with Crippen LogP contribution in [0.3, 0.4) is 0 Å². The zero-order chi connectivity index (χ0) is 23.5.